The Hall–Kier alpha value is -1.32. The van der Waals surface area contributed by atoms with Crippen molar-refractivity contribution < 1.29 is 4.74 Å². The third-order valence-corrected chi connectivity index (χ3v) is 5.36. The Morgan fingerprint density at radius 1 is 1.21 bits per heavy atom. The second kappa shape index (κ2) is 12.3. The molecule has 1 aromatic carbocycles. The predicted molar refractivity (Wildman–Crippen MR) is 128 cm³/mol. The number of aromatic nitrogens is 1. The molecule has 6 nitrogen and oxygen atoms in total. The van der Waals surface area contributed by atoms with E-state index in [0.717, 1.165) is 45.2 Å². The number of nitrogens with one attached hydrogen (secondary N) is 2. The lowest BCUT2D eigenvalue weighted by atomic mass is 10.2. The Morgan fingerprint density at radius 2 is 2.07 bits per heavy atom. The van der Waals surface area contributed by atoms with Crippen LogP contribution in [0.15, 0.2) is 41.5 Å². The minimum atomic E-state index is 0. The summed E-state index contributed by atoms with van der Waals surface area (Å²) in [5, 5.41) is 8.24. The summed E-state index contributed by atoms with van der Waals surface area (Å²) in [5.41, 5.74) is 1.30. The molecule has 156 valence electrons. The molecule has 0 saturated carbocycles. The molecule has 2 heterocycles. The second-order valence-electron chi connectivity index (χ2n) is 7.13. The first-order chi connectivity index (χ1) is 13.3. The van der Waals surface area contributed by atoms with E-state index in [9.17, 15) is 0 Å². The summed E-state index contributed by atoms with van der Waals surface area (Å²) in [6.07, 6.45) is 5.75. The molecular formula is C21H34IN5O. The van der Waals surface area contributed by atoms with Crippen molar-refractivity contribution in [3.05, 3.63) is 36.5 Å². The van der Waals surface area contributed by atoms with E-state index in [-0.39, 0.29) is 24.0 Å². The van der Waals surface area contributed by atoms with Gasteiger partial charge in [0.05, 0.1) is 6.61 Å². The number of fused-ring (bicyclic) bond motifs is 1. The van der Waals surface area contributed by atoms with Crippen LogP contribution in [0.1, 0.15) is 19.3 Å². The molecule has 28 heavy (non-hydrogen) atoms. The van der Waals surface area contributed by atoms with Gasteiger partial charge in [0.2, 0.25) is 0 Å². The number of para-hydroxylation sites is 1. The van der Waals surface area contributed by atoms with Crippen LogP contribution < -0.4 is 10.6 Å². The van der Waals surface area contributed by atoms with Crippen LogP contribution in [0.2, 0.25) is 0 Å². The number of likely N-dealkylation sites (tertiary alicyclic amines) is 1. The molecule has 3 rings (SSSR count). The van der Waals surface area contributed by atoms with Crippen LogP contribution in [0.25, 0.3) is 10.9 Å². The van der Waals surface area contributed by atoms with Crippen LogP contribution in [0.3, 0.4) is 0 Å². The van der Waals surface area contributed by atoms with E-state index in [1.807, 2.05) is 7.05 Å². The molecule has 1 atom stereocenters. The van der Waals surface area contributed by atoms with Gasteiger partial charge in [-0.1, -0.05) is 18.2 Å². The summed E-state index contributed by atoms with van der Waals surface area (Å²) in [4.78, 5) is 6.88. The van der Waals surface area contributed by atoms with E-state index in [0.29, 0.717) is 6.04 Å². The number of halogens is 1. The van der Waals surface area contributed by atoms with Crippen LogP contribution in [0, 0.1) is 0 Å². The molecule has 0 amide bonds. The van der Waals surface area contributed by atoms with Crippen molar-refractivity contribution in [1.29, 1.82) is 0 Å². The maximum absolute atomic E-state index is 5.22. The molecule has 2 N–H and O–H groups in total. The van der Waals surface area contributed by atoms with Crippen molar-refractivity contribution in [2.75, 3.05) is 46.9 Å². The fraction of sp³-hybridized carbons (Fsp3) is 0.571. The summed E-state index contributed by atoms with van der Waals surface area (Å²) in [6.45, 7) is 5.84. The summed E-state index contributed by atoms with van der Waals surface area (Å²) >= 11 is 0. The number of methoxy groups -OCH3 is 1. The van der Waals surface area contributed by atoms with Gasteiger partial charge in [-0.05, 0) is 43.3 Å². The minimum absolute atomic E-state index is 0. The Bertz CT molecular complexity index is 732. The highest BCUT2D eigenvalue weighted by Crippen LogP contribution is 2.16. The van der Waals surface area contributed by atoms with Crippen molar-refractivity contribution in [3.63, 3.8) is 0 Å². The zero-order chi connectivity index (χ0) is 18.9. The predicted octanol–water partition coefficient (Wildman–Crippen LogP) is 2.93. The standard InChI is InChI=1S/C21H33N5O.HI/c1-22-21(24-17-19-8-5-12-25(19)15-16-27-2)23-11-6-13-26-14-10-18-7-3-4-9-20(18)26;/h3-4,7,9-10,14,19H,5-6,8,11-13,15-17H2,1-2H3,(H2,22,23,24);1H. The second-order valence-corrected chi connectivity index (χ2v) is 7.13. The van der Waals surface area contributed by atoms with Gasteiger partial charge in [0.15, 0.2) is 5.96 Å². The van der Waals surface area contributed by atoms with E-state index >= 15 is 0 Å². The topological polar surface area (TPSA) is 53.8 Å². The van der Waals surface area contributed by atoms with Gasteiger partial charge in [-0.2, -0.15) is 0 Å². The third kappa shape index (κ3) is 6.35. The molecule has 7 heteroatoms. The van der Waals surface area contributed by atoms with Gasteiger partial charge < -0.3 is 19.9 Å². The van der Waals surface area contributed by atoms with Crippen LogP contribution in [-0.2, 0) is 11.3 Å². The number of hydrogen-bond donors (Lipinski definition) is 2. The lowest BCUT2D eigenvalue weighted by Gasteiger charge is -2.25. The molecule has 1 aliphatic rings. The number of guanidine groups is 1. The van der Waals surface area contributed by atoms with Gasteiger partial charge in [-0.25, -0.2) is 0 Å². The quantitative estimate of drug-likeness (QED) is 0.241. The number of rotatable bonds is 9. The molecule has 1 aliphatic heterocycles. The number of nitrogens with zero attached hydrogens (tertiary/aromatic N) is 3. The number of ether oxygens (including phenoxy) is 1. The first-order valence-corrected chi connectivity index (χ1v) is 10.0. The normalized spacial score (nSPS) is 17.6. The van der Waals surface area contributed by atoms with E-state index in [4.69, 9.17) is 4.74 Å². The molecule has 0 aliphatic carbocycles. The Balaban J connectivity index is 0.00000280. The average molecular weight is 499 g/mol. The zero-order valence-corrected chi connectivity index (χ0v) is 19.4. The van der Waals surface area contributed by atoms with Crippen LogP contribution >= 0.6 is 24.0 Å². The van der Waals surface area contributed by atoms with E-state index in [2.05, 4.69) is 61.6 Å². The molecule has 0 bridgehead atoms. The number of hydrogen-bond acceptors (Lipinski definition) is 3. The summed E-state index contributed by atoms with van der Waals surface area (Å²) < 4.78 is 7.54. The van der Waals surface area contributed by atoms with Crippen molar-refractivity contribution in [1.82, 2.24) is 20.1 Å². The summed E-state index contributed by atoms with van der Waals surface area (Å²) in [7, 11) is 3.61. The van der Waals surface area contributed by atoms with Crippen LogP contribution in [-0.4, -0.2) is 68.4 Å². The lowest BCUT2D eigenvalue weighted by molar-refractivity contribution is 0.141. The van der Waals surface area contributed by atoms with Crippen LogP contribution in [0.4, 0.5) is 0 Å². The highest BCUT2D eigenvalue weighted by molar-refractivity contribution is 14.0. The average Bonchev–Trinajstić information content (AvgIpc) is 3.32. The van der Waals surface area contributed by atoms with Gasteiger partial charge in [0, 0.05) is 58.1 Å². The molecular weight excluding hydrogens is 465 g/mol. The van der Waals surface area contributed by atoms with E-state index in [1.165, 1.54) is 30.3 Å². The first kappa shape index (κ1) is 23.0. The van der Waals surface area contributed by atoms with Gasteiger partial charge in [-0.3, -0.25) is 9.89 Å². The van der Waals surface area contributed by atoms with E-state index in [1.54, 1.807) is 7.11 Å². The van der Waals surface area contributed by atoms with Crippen LogP contribution in [0.5, 0.6) is 0 Å². The Morgan fingerprint density at radius 3 is 2.89 bits per heavy atom. The number of aryl methyl sites for hydroxylation is 1. The minimum Gasteiger partial charge on any atom is -0.383 e. The molecule has 1 unspecified atom stereocenters. The summed E-state index contributed by atoms with van der Waals surface area (Å²) in [5.74, 6) is 0.894. The zero-order valence-electron chi connectivity index (χ0n) is 17.1. The highest BCUT2D eigenvalue weighted by Gasteiger charge is 2.23. The van der Waals surface area contributed by atoms with Crippen molar-refractivity contribution in [3.8, 4) is 0 Å². The molecule has 2 aromatic rings. The van der Waals surface area contributed by atoms with Crippen molar-refractivity contribution in [2.45, 2.75) is 31.8 Å². The highest BCUT2D eigenvalue weighted by atomic mass is 127. The third-order valence-electron chi connectivity index (χ3n) is 5.36. The van der Waals surface area contributed by atoms with E-state index < -0.39 is 0 Å². The molecule has 0 radical (unpaired) electrons. The summed E-state index contributed by atoms with van der Waals surface area (Å²) in [6, 6.07) is 11.3. The molecule has 0 spiro atoms. The number of aliphatic imine (C=N–C) groups is 1. The van der Waals surface area contributed by atoms with Crippen molar-refractivity contribution in [2.24, 2.45) is 4.99 Å². The maximum atomic E-state index is 5.22. The first-order valence-electron chi connectivity index (χ1n) is 10.0. The van der Waals surface area contributed by atoms with Crippen molar-refractivity contribution >= 4 is 40.8 Å². The fourth-order valence-corrected chi connectivity index (χ4v) is 3.86. The molecule has 1 saturated heterocycles. The fourth-order valence-electron chi connectivity index (χ4n) is 3.86. The van der Waals surface area contributed by atoms with Gasteiger partial charge in [0.1, 0.15) is 0 Å². The van der Waals surface area contributed by atoms with Gasteiger partial charge >= 0.3 is 0 Å². The number of benzene rings is 1. The Kier molecular flexibility index (Phi) is 10.1. The van der Waals surface area contributed by atoms with Gasteiger partial charge in [0.25, 0.3) is 0 Å². The van der Waals surface area contributed by atoms with Gasteiger partial charge in [-0.15, -0.1) is 24.0 Å². The maximum Gasteiger partial charge on any atom is 0.191 e. The molecule has 1 aromatic heterocycles. The largest absolute Gasteiger partial charge is 0.383 e. The monoisotopic (exact) mass is 499 g/mol. The lowest BCUT2D eigenvalue weighted by Crippen LogP contribution is -2.45. The smallest absolute Gasteiger partial charge is 0.191 e. The molecule has 1 fully saturated rings. The Labute approximate surface area is 185 Å². The SMILES string of the molecule is CN=C(NCCCn1ccc2ccccc21)NCC1CCCN1CCOC.I.